The summed E-state index contributed by atoms with van der Waals surface area (Å²) in [5.41, 5.74) is 0.601. The van der Waals surface area contributed by atoms with Gasteiger partial charge in [-0.15, -0.1) is 0 Å². The lowest BCUT2D eigenvalue weighted by Crippen LogP contribution is -2.40. The van der Waals surface area contributed by atoms with Crippen molar-refractivity contribution in [2.45, 2.75) is 83.7 Å². The first kappa shape index (κ1) is 29.6. The van der Waals surface area contributed by atoms with E-state index < -0.39 is 36.3 Å². The van der Waals surface area contributed by atoms with Gasteiger partial charge in [0.05, 0.1) is 18.1 Å². The highest BCUT2D eigenvalue weighted by molar-refractivity contribution is 5.97. The SMILES string of the molecule is CO[C@H]1/C=C/CC/C=C/C(=O)O[C@H]([C@H](C)C(=O)CC(O)CC2CC(=O)NC(=O)C2)/C(C)=C\[C@@H](C)[C@@H]1O. The number of esters is 1. The van der Waals surface area contributed by atoms with Gasteiger partial charge in [0.1, 0.15) is 18.0 Å². The minimum atomic E-state index is -1.03. The summed E-state index contributed by atoms with van der Waals surface area (Å²) in [5, 5.41) is 23.5. The van der Waals surface area contributed by atoms with Crippen LogP contribution in [0.2, 0.25) is 0 Å². The number of carbonyl (C=O) groups is 4. The van der Waals surface area contributed by atoms with E-state index in [0.29, 0.717) is 18.4 Å². The average Bonchev–Trinajstić information content (AvgIpc) is 2.79. The van der Waals surface area contributed by atoms with Crippen LogP contribution in [0.3, 0.4) is 0 Å². The average molecular weight is 506 g/mol. The Morgan fingerprint density at radius 3 is 2.47 bits per heavy atom. The molecule has 2 heterocycles. The van der Waals surface area contributed by atoms with Crippen LogP contribution in [0.4, 0.5) is 0 Å². The van der Waals surface area contributed by atoms with Crippen molar-refractivity contribution in [2.75, 3.05) is 7.11 Å². The second-order valence-electron chi connectivity index (χ2n) is 9.82. The Morgan fingerprint density at radius 1 is 1.19 bits per heavy atom. The summed E-state index contributed by atoms with van der Waals surface area (Å²) in [6.07, 6.45) is 6.66. The molecule has 36 heavy (non-hydrogen) atoms. The van der Waals surface area contributed by atoms with Gasteiger partial charge < -0.3 is 19.7 Å². The smallest absolute Gasteiger partial charge is 0.331 e. The zero-order chi connectivity index (χ0) is 26.8. The number of ketones is 1. The molecule has 1 saturated heterocycles. The van der Waals surface area contributed by atoms with Crippen LogP contribution in [0, 0.1) is 17.8 Å². The number of nitrogens with one attached hydrogen (secondary N) is 1. The van der Waals surface area contributed by atoms with Gasteiger partial charge in [0.15, 0.2) is 0 Å². The number of carbonyl (C=O) groups excluding carboxylic acids is 4. The van der Waals surface area contributed by atoms with Gasteiger partial charge >= 0.3 is 5.97 Å². The van der Waals surface area contributed by atoms with Crippen LogP contribution in [-0.4, -0.2) is 65.3 Å². The van der Waals surface area contributed by atoms with Gasteiger partial charge in [0.25, 0.3) is 0 Å². The third-order valence-electron chi connectivity index (χ3n) is 6.68. The molecule has 0 bridgehead atoms. The second kappa shape index (κ2) is 14.2. The number of cyclic esters (lactones) is 1. The number of hydrogen-bond acceptors (Lipinski definition) is 8. The predicted molar refractivity (Wildman–Crippen MR) is 132 cm³/mol. The van der Waals surface area contributed by atoms with Gasteiger partial charge in [-0.2, -0.15) is 0 Å². The van der Waals surface area contributed by atoms with Gasteiger partial charge in [-0.1, -0.05) is 38.2 Å². The third-order valence-corrected chi connectivity index (χ3v) is 6.68. The Balaban J connectivity index is 2.17. The summed E-state index contributed by atoms with van der Waals surface area (Å²) < 4.78 is 11.1. The van der Waals surface area contributed by atoms with Gasteiger partial charge in [-0.3, -0.25) is 19.7 Å². The van der Waals surface area contributed by atoms with E-state index in [2.05, 4.69) is 5.32 Å². The monoisotopic (exact) mass is 505 g/mol. The lowest BCUT2D eigenvalue weighted by molar-refractivity contribution is -0.145. The van der Waals surface area contributed by atoms with Gasteiger partial charge in [-0.25, -0.2) is 4.79 Å². The van der Waals surface area contributed by atoms with E-state index in [1.54, 1.807) is 32.1 Å². The lowest BCUT2D eigenvalue weighted by Gasteiger charge is -2.28. The Labute approximate surface area is 212 Å². The molecule has 9 heteroatoms. The van der Waals surface area contributed by atoms with E-state index in [1.165, 1.54) is 13.2 Å². The van der Waals surface area contributed by atoms with Crippen molar-refractivity contribution in [3.8, 4) is 0 Å². The highest BCUT2D eigenvalue weighted by Crippen LogP contribution is 2.26. The fraction of sp³-hybridized carbons (Fsp3) is 0.630. The molecule has 0 spiro atoms. The Kier molecular flexibility index (Phi) is 11.7. The molecule has 1 unspecified atom stereocenters. The van der Waals surface area contributed by atoms with Crippen LogP contribution < -0.4 is 5.32 Å². The molecule has 2 aliphatic rings. The van der Waals surface area contributed by atoms with E-state index >= 15 is 0 Å². The molecular formula is C27H39NO8. The number of methoxy groups -OCH3 is 1. The van der Waals surface area contributed by atoms with Crippen molar-refractivity contribution >= 4 is 23.6 Å². The number of allylic oxidation sites excluding steroid dienone is 2. The quantitative estimate of drug-likeness (QED) is 0.272. The van der Waals surface area contributed by atoms with Crippen molar-refractivity contribution in [1.29, 1.82) is 0 Å². The number of piperidine rings is 1. The molecule has 0 aromatic heterocycles. The van der Waals surface area contributed by atoms with Crippen molar-refractivity contribution < 1.29 is 38.9 Å². The molecule has 9 nitrogen and oxygen atoms in total. The molecule has 2 rings (SSSR count). The standard InChI is InChI=1S/C27H39NO8/c1-16-11-17(2)27(36-25(33)10-8-6-5-7-9-22(35-4)26(16)34)18(3)21(30)15-20(29)12-19-13-23(31)28-24(32)14-19/h7-11,16,18-20,22,26-27,29,34H,5-6,12-15H2,1-4H3,(H,28,31,32)/b9-7+,10-8+,17-11-/t16-,18-,20?,22+,26+,27+/m1/s1. The molecule has 0 radical (unpaired) electrons. The highest BCUT2D eigenvalue weighted by Gasteiger charge is 2.33. The molecule has 6 atom stereocenters. The van der Waals surface area contributed by atoms with Crippen molar-refractivity contribution in [3.63, 3.8) is 0 Å². The summed E-state index contributed by atoms with van der Waals surface area (Å²) in [7, 11) is 1.52. The predicted octanol–water partition coefficient (Wildman–Crippen LogP) is 2.16. The Hall–Kier alpha value is -2.62. The molecule has 0 aliphatic carbocycles. The number of hydrogen-bond donors (Lipinski definition) is 3. The topological polar surface area (TPSA) is 139 Å². The van der Waals surface area contributed by atoms with Crippen LogP contribution >= 0.6 is 0 Å². The van der Waals surface area contributed by atoms with Crippen LogP contribution in [0.1, 0.15) is 59.3 Å². The minimum Gasteiger partial charge on any atom is -0.454 e. The summed E-state index contributed by atoms with van der Waals surface area (Å²) >= 11 is 0. The number of rotatable bonds is 7. The summed E-state index contributed by atoms with van der Waals surface area (Å²) in [4.78, 5) is 48.7. The maximum Gasteiger partial charge on any atom is 0.331 e. The first-order valence-electron chi connectivity index (χ1n) is 12.5. The molecular weight excluding hydrogens is 466 g/mol. The summed E-state index contributed by atoms with van der Waals surface area (Å²) in [5.74, 6) is -3.10. The van der Waals surface area contributed by atoms with E-state index in [9.17, 15) is 29.4 Å². The van der Waals surface area contributed by atoms with Crippen LogP contribution in [0.15, 0.2) is 36.0 Å². The number of aliphatic hydroxyl groups excluding tert-OH is 2. The van der Waals surface area contributed by atoms with E-state index in [1.807, 2.05) is 13.0 Å². The number of imide groups is 1. The number of ether oxygens (including phenoxy) is 2. The van der Waals surface area contributed by atoms with Gasteiger partial charge in [0, 0.05) is 38.4 Å². The highest BCUT2D eigenvalue weighted by atomic mass is 16.5. The minimum absolute atomic E-state index is 0.124. The molecule has 1 fully saturated rings. The molecule has 2 amide bonds. The van der Waals surface area contributed by atoms with Crippen molar-refractivity contribution in [1.82, 2.24) is 5.32 Å². The molecule has 0 saturated carbocycles. The van der Waals surface area contributed by atoms with E-state index in [-0.39, 0.29) is 55.1 Å². The van der Waals surface area contributed by atoms with Crippen LogP contribution in [0.5, 0.6) is 0 Å². The normalized spacial score (nSPS) is 31.7. The fourth-order valence-corrected chi connectivity index (χ4v) is 4.67. The first-order chi connectivity index (χ1) is 17.0. The molecule has 2 aliphatic heterocycles. The maximum atomic E-state index is 13.1. The zero-order valence-electron chi connectivity index (χ0n) is 21.5. The number of Topliss-reactive ketones (excluding diaryl/α,β-unsaturated/α-hetero) is 1. The zero-order valence-corrected chi connectivity index (χ0v) is 21.5. The second-order valence-corrected chi connectivity index (χ2v) is 9.82. The van der Waals surface area contributed by atoms with E-state index in [0.717, 1.165) is 0 Å². The Morgan fingerprint density at radius 2 is 1.83 bits per heavy atom. The fourth-order valence-electron chi connectivity index (χ4n) is 4.67. The molecule has 0 aromatic rings. The van der Waals surface area contributed by atoms with Crippen molar-refractivity contribution in [3.05, 3.63) is 36.0 Å². The largest absolute Gasteiger partial charge is 0.454 e. The van der Waals surface area contributed by atoms with Gasteiger partial charge in [-0.05, 0) is 37.7 Å². The lowest BCUT2D eigenvalue weighted by atomic mass is 9.85. The summed E-state index contributed by atoms with van der Waals surface area (Å²) in [6.45, 7) is 5.19. The molecule has 200 valence electrons. The third kappa shape index (κ3) is 9.11. The van der Waals surface area contributed by atoms with Crippen molar-refractivity contribution in [2.24, 2.45) is 17.8 Å². The van der Waals surface area contributed by atoms with Crippen LogP contribution in [0.25, 0.3) is 0 Å². The van der Waals surface area contributed by atoms with Crippen LogP contribution in [-0.2, 0) is 28.7 Å². The molecule has 0 aromatic carbocycles. The molecule has 3 N–H and O–H groups in total. The first-order valence-corrected chi connectivity index (χ1v) is 12.5. The van der Waals surface area contributed by atoms with E-state index in [4.69, 9.17) is 9.47 Å². The number of aliphatic hydroxyl groups is 2. The Bertz CT molecular complexity index is 876. The summed E-state index contributed by atoms with van der Waals surface area (Å²) in [6, 6.07) is 0. The van der Waals surface area contributed by atoms with Gasteiger partial charge in [0.2, 0.25) is 11.8 Å². The maximum absolute atomic E-state index is 13.1. The number of amides is 2.